The van der Waals surface area contributed by atoms with Gasteiger partial charge in [0.05, 0.1) is 28.0 Å². The van der Waals surface area contributed by atoms with Crippen LogP contribution < -0.4 is 0 Å². The first-order chi connectivity index (χ1) is 10.1. The maximum atomic E-state index is 6.38. The summed E-state index contributed by atoms with van der Waals surface area (Å²) in [6, 6.07) is 5.65. The largest absolute Gasteiger partial charge is 0.329 e. The Morgan fingerprint density at radius 1 is 1.33 bits per heavy atom. The van der Waals surface area contributed by atoms with Gasteiger partial charge in [-0.2, -0.15) is 8.75 Å². The van der Waals surface area contributed by atoms with Crippen molar-refractivity contribution >= 4 is 57.7 Å². The Bertz CT molecular complexity index is 1050. The van der Waals surface area contributed by atoms with Crippen molar-refractivity contribution in [3.63, 3.8) is 0 Å². The van der Waals surface area contributed by atoms with Crippen LogP contribution >= 0.6 is 35.5 Å². The van der Waals surface area contributed by atoms with Crippen molar-refractivity contribution < 1.29 is 0 Å². The van der Waals surface area contributed by atoms with Crippen molar-refractivity contribution in [2.24, 2.45) is 0 Å². The third-order valence-electron chi connectivity index (χ3n) is 3.24. The summed E-state index contributed by atoms with van der Waals surface area (Å²) in [5, 5.41) is 0.564. The number of aromatic amines is 1. The summed E-state index contributed by atoms with van der Waals surface area (Å²) in [4.78, 5) is 7.63. The van der Waals surface area contributed by atoms with Crippen LogP contribution in [0.5, 0.6) is 0 Å². The Morgan fingerprint density at radius 3 is 3.05 bits per heavy atom. The van der Waals surface area contributed by atoms with Gasteiger partial charge in [0.1, 0.15) is 11.0 Å². The fourth-order valence-electron chi connectivity index (χ4n) is 2.33. The smallest absolute Gasteiger partial charge is 0.184 e. The molecule has 8 heteroatoms. The van der Waals surface area contributed by atoms with Crippen LogP contribution in [-0.2, 0) is 0 Å². The van der Waals surface area contributed by atoms with E-state index in [0.29, 0.717) is 9.79 Å². The van der Waals surface area contributed by atoms with Crippen LogP contribution in [-0.4, -0.2) is 23.3 Å². The van der Waals surface area contributed by atoms with Gasteiger partial charge < -0.3 is 4.98 Å². The van der Waals surface area contributed by atoms with Crippen LogP contribution in [0, 0.1) is 11.7 Å². The summed E-state index contributed by atoms with van der Waals surface area (Å²) < 4.78 is 10.9. The molecular weight excluding hydrogens is 326 g/mol. The van der Waals surface area contributed by atoms with Gasteiger partial charge in [-0.25, -0.2) is 4.98 Å². The van der Waals surface area contributed by atoms with Crippen molar-refractivity contribution in [1.82, 2.24) is 23.3 Å². The number of benzene rings is 1. The lowest BCUT2D eigenvalue weighted by Gasteiger charge is -2.07. The average molecular weight is 334 g/mol. The summed E-state index contributed by atoms with van der Waals surface area (Å²) in [6.07, 6.45) is 1.80. The molecule has 1 aromatic carbocycles. The van der Waals surface area contributed by atoms with Crippen molar-refractivity contribution in [3.05, 3.63) is 39.8 Å². The Balaban J connectivity index is 2.19. The second kappa shape index (κ2) is 4.59. The van der Waals surface area contributed by atoms with E-state index in [4.69, 9.17) is 23.8 Å². The number of hydrogen-bond acceptors (Lipinski definition) is 5. The number of nitrogens with zero attached hydrogens (tertiary/aromatic N) is 4. The third kappa shape index (κ3) is 1.89. The van der Waals surface area contributed by atoms with Crippen molar-refractivity contribution in [2.45, 2.75) is 6.92 Å². The molecule has 0 saturated carbocycles. The predicted molar refractivity (Wildman–Crippen MR) is 87.0 cm³/mol. The minimum absolute atomic E-state index is 0.533. The first-order valence-electron chi connectivity index (χ1n) is 6.13. The molecule has 4 aromatic rings. The zero-order valence-corrected chi connectivity index (χ0v) is 13.2. The SMILES string of the molecule is Cc1cnc2c(c1)[nH]c(=S)n2-c1c(Cl)ccc2nsnc12. The highest BCUT2D eigenvalue weighted by Crippen LogP contribution is 2.31. The number of halogens is 1. The lowest BCUT2D eigenvalue weighted by molar-refractivity contribution is 1.05. The van der Waals surface area contributed by atoms with Crippen LogP contribution in [0.2, 0.25) is 5.02 Å². The summed E-state index contributed by atoms with van der Waals surface area (Å²) in [5.74, 6) is 0. The number of aryl methyl sites for hydroxylation is 1. The molecule has 21 heavy (non-hydrogen) atoms. The fourth-order valence-corrected chi connectivity index (χ4v) is 3.40. The first-order valence-corrected chi connectivity index (χ1v) is 7.65. The number of pyridine rings is 1. The zero-order valence-electron chi connectivity index (χ0n) is 10.8. The maximum absolute atomic E-state index is 6.38. The van der Waals surface area contributed by atoms with Gasteiger partial charge in [-0.15, -0.1) is 0 Å². The van der Waals surface area contributed by atoms with Gasteiger partial charge in [0, 0.05) is 6.20 Å². The Kier molecular flexibility index (Phi) is 2.81. The van der Waals surface area contributed by atoms with E-state index in [1.807, 2.05) is 23.6 Å². The summed E-state index contributed by atoms with van der Waals surface area (Å²) >= 11 is 13.0. The highest BCUT2D eigenvalue weighted by molar-refractivity contribution is 7.71. The van der Waals surface area contributed by atoms with Crippen LogP contribution in [0.1, 0.15) is 5.56 Å². The van der Waals surface area contributed by atoms with E-state index in [2.05, 4.69) is 18.7 Å². The van der Waals surface area contributed by atoms with Crippen LogP contribution in [0.25, 0.3) is 27.9 Å². The molecular formula is C13H8ClN5S2. The highest BCUT2D eigenvalue weighted by Gasteiger charge is 2.16. The standard InChI is InChI=1S/C13H8ClN5S2/c1-6-4-9-12(15-5-6)19(13(20)16-9)11-7(14)2-3-8-10(11)18-21-17-8/h2-5H,1H3,(H,16,20). The molecule has 0 bridgehead atoms. The Hall–Kier alpha value is -1.83. The molecule has 0 atom stereocenters. The Morgan fingerprint density at radius 2 is 2.19 bits per heavy atom. The molecule has 0 radical (unpaired) electrons. The molecule has 3 aromatic heterocycles. The molecule has 0 unspecified atom stereocenters. The number of hydrogen-bond donors (Lipinski definition) is 1. The Labute approximate surface area is 133 Å². The fraction of sp³-hybridized carbons (Fsp3) is 0.0769. The number of fused-ring (bicyclic) bond motifs is 2. The van der Waals surface area contributed by atoms with Gasteiger partial charge in [0.25, 0.3) is 0 Å². The number of rotatable bonds is 1. The van der Waals surface area contributed by atoms with E-state index < -0.39 is 0 Å². The topological polar surface area (TPSA) is 59.4 Å². The maximum Gasteiger partial charge on any atom is 0.184 e. The molecule has 1 N–H and O–H groups in total. The van der Waals surface area contributed by atoms with Gasteiger partial charge in [0.15, 0.2) is 10.4 Å². The highest BCUT2D eigenvalue weighted by atomic mass is 35.5. The monoisotopic (exact) mass is 333 g/mol. The van der Waals surface area contributed by atoms with E-state index in [0.717, 1.165) is 45.2 Å². The normalized spacial score (nSPS) is 11.5. The summed E-state index contributed by atoms with van der Waals surface area (Å²) in [7, 11) is 0. The molecule has 0 spiro atoms. The van der Waals surface area contributed by atoms with Crippen molar-refractivity contribution in [2.75, 3.05) is 0 Å². The second-order valence-corrected chi connectivity index (χ2v) is 6.00. The van der Waals surface area contributed by atoms with E-state index in [1.54, 1.807) is 12.3 Å². The number of aromatic nitrogens is 5. The molecule has 0 aliphatic rings. The number of nitrogens with one attached hydrogen (secondary N) is 1. The van der Waals surface area contributed by atoms with E-state index >= 15 is 0 Å². The van der Waals surface area contributed by atoms with Crippen LogP contribution in [0.4, 0.5) is 0 Å². The molecule has 0 amide bonds. The van der Waals surface area contributed by atoms with Gasteiger partial charge in [-0.05, 0) is 42.9 Å². The lowest BCUT2D eigenvalue weighted by Crippen LogP contribution is -1.98. The van der Waals surface area contributed by atoms with Crippen molar-refractivity contribution in [1.29, 1.82) is 0 Å². The lowest BCUT2D eigenvalue weighted by atomic mass is 10.2. The molecule has 0 saturated heterocycles. The molecule has 0 aliphatic heterocycles. The molecule has 0 fully saturated rings. The number of imidazole rings is 1. The first kappa shape index (κ1) is 12.9. The van der Waals surface area contributed by atoms with E-state index in [1.165, 1.54) is 0 Å². The summed E-state index contributed by atoms with van der Waals surface area (Å²) in [5.41, 5.74) is 4.90. The minimum atomic E-state index is 0.533. The van der Waals surface area contributed by atoms with Gasteiger partial charge >= 0.3 is 0 Å². The van der Waals surface area contributed by atoms with Crippen LogP contribution in [0.15, 0.2) is 24.4 Å². The van der Waals surface area contributed by atoms with Gasteiger partial charge in [-0.1, -0.05) is 11.6 Å². The molecule has 4 rings (SSSR count). The van der Waals surface area contributed by atoms with Crippen molar-refractivity contribution in [3.8, 4) is 5.69 Å². The molecule has 5 nitrogen and oxygen atoms in total. The molecule has 104 valence electrons. The van der Waals surface area contributed by atoms with E-state index in [9.17, 15) is 0 Å². The van der Waals surface area contributed by atoms with Crippen LogP contribution in [0.3, 0.4) is 0 Å². The predicted octanol–water partition coefficient (Wildman–Crippen LogP) is 4.05. The number of H-pyrrole nitrogens is 1. The molecule has 3 heterocycles. The average Bonchev–Trinajstić information content (AvgIpc) is 3.02. The van der Waals surface area contributed by atoms with E-state index in [-0.39, 0.29) is 0 Å². The zero-order chi connectivity index (χ0) is 14.6. The minimum Gasteiger partial charge on any atom is -0.329 e. The second-order valence-electron chi connectivity index (χ2n) is 4.68. The van der Waals surface area contributed by atoms with Gasteiger partial charge in [0.2, 0.25) is 0 Å². The quantitative estimate of drug-likeness (QED) is 0.534. The molecule has 0 aliphatic carbocycles. The van der Waals surface area contributed by atoms with Gasteiger partial charge in [-0.3, -0.25) is 4.57 Å². The summed E-state index contributed by atoms with van der Waals surface area (Å²) in [6.45, 7) is 1.98. The third-order valence-corrected chi connectivity index (χ3v) is 4.37.